The van der Waals surface area contributed by atoms with Gasteiger partial charge < -0.3 is 10.5 Å². The number of nitrogens with zero attached hydrogens (tertiary/aromatic N) is 1. The number of hydrogen-bond donors (Lipinski definition) is 1. The first-order chi connectivity index (χ1) is 9.14. The van der Waals surface area contributed by atoms with E-state index >= 15 is 0 Å². The molecule has 1 rings (SSSR count). The van der Waals surface area contributed by atoms with Gasteiger partial charge in [0.25, 0.3) is 0 Å². The highest BCUT2D eigenvalue weighted by Crippen LogP contribution is 2.29. The molecule has 0 aromatic heterocycles. The minimum atomic E-state index is -3.56. The molecule has 1 aromatic carbocycles. The number of methoxy groups -OCH3 is 1. The van der Waals surface area contributed by atoms with E-state index in [1.807, 2.05) is 13.8 Å². The van der Waals surface area contributed by atoms with Crippen molar-refractivity contribution < 1.29 is 13.2 Å². The van der Waals surface area contributed by atoms with E-state index in [0.29, 0.717) is 23.3 Å². The van der Waals surface area contributed by atoms with Crippen molar-refractivity contribution in [3.63, 3.8) is 0 Å². The molecule has 0 aliphatic heterocycles. The van der Waals surface area contributed by atoms with Gasteiger partial charge in [-0.05, 0) is 46.1 Å². The third-order valence-electron chi connectivity index (χ3n) is 3.03. The molecule has 5 nitrogen and oxygen atoms in total. The first-order valence-corrected chi connectivity index (χ1v) is 8.37. The highest BCUT2D eigenvalue weighted by molar-refractivity contribution is 9.10. The highest BCUT2D eigenvalue weighted by atomic mass is 79.9. The molecule has 0 unspecified atom stereocenters. The van der Waals surface area contributed by atoms with Gasteiger partial charge in [0.1, 0.15) is 5.75 Å². The zero-order chi connectivity index (χ0) is 15.6. The SMILES string of the molecule is COc1ccc(S(=O)(=O)N(C)CC(C)(C)CN)c(Br)c1. The Kier molecular flexibility index (Phi) is 5.60. The molecule has 0 atom stereocenters. The van der Waals surface area contributed by atoms with E-state index in [1.165, 1.54) is 17.5 Å². The first kappa shape index (κ1) is 17.4. The molecule has 0 saturated heterocycles. The van der Waals surface area contributed by atoms with E-state index < -0.39 is 10.0 Å². The van der Waals surface area contributed by atoms with Gasteiger partial charge in [-0.3, -0.25) is 0 Å². The summed E-state index contributed by atoms with van der Waals surface area (Å²) in [7, 11) is -0.470. The molecule has 0 fully saturated rings. The molecule has 0 saturated carbocycles. The van der Waals surface area contributed by atoms with Crippen molar-refractivity contribution in [2.24, 2.45) is 11.1 Å². The van der Waals surface area contributed by atoms with Crippen LogP contribution in [0.25, 0.3) is 0 Å². The fourth-order valence-corrected chi connectivity index (χ4v) is 4.11. The monoisotopic (exact) mass is 364 g/mol. The third-order valence-corrected chi connectivity index (χ3v) is 5.81. The maximum Gasteiger partial charge on any atom is 0.243 e. The summed E-state index contributed by atoms with van der Waals surface area (Å²) in [4.78, 5) is 0.216. The van der Waals surface area contributed by atoms with Crippen molar-refractivity contribution in [2.75, 3.05) is 27.2 Å². The van der Waals surface area contributed by atoms with Crippen LogP contribution < -0.4 is 10.5 Å². The van der Waals surface area contributed by atoms with Crippen molar-refractivity contribution in [3.8, 4) is 5.75 Å². The molecule has 0 heterocycles. The minimum absolute atomic E-state index is 0.216. The molecule has 0 bridgehead atoms. The summed E-state index contributed by atoms with van der Waals surface area (Å²) in [6.45, 7) is 4.63. The number of hydrogen-bond acceptors (Lipinski definition) is 4. The van der Waals surface area contributed by atoms with E-state index in [9.17, 15) is 8.42 Å². The predicted molar refractivity (Wildman–Crippen MR) is 83.3 cm³/mol. The number of sulfonamides is 1. The van der Waals surface area contributed by atoms with E-state index in [1.54, 1.807) is 19.2 Å². The van der Waals surface area contributed by atoms with E-state index in [2.05, 4.69) is 15.9 Å². The van der Waals surface area contributed by atoms with Crippen LogP contribution in [0.4, 0.5) is 0 Å². The van der Waals surface area contributed by atoms with Gasteiger partial charge in [-0.25, -0.2) is 12.7 Å². The van der Waals surface area contributed by atoms with Crippen LogP contribution in [0, 0.1) is 5.41 Å². The molecule has 7 heteroatoms. The van der Waals surface area contributed by atoms with Crippen LogP contribution in [-0.4, -0.2) is 40.0 Å². The molecule has 0 spiro atoms. The van der Waals surface area contributed by atoms with Gasteiger partial charge in [0.2, 0.25) is 10.0 Å². The Morgan fingerprint density at radius 2 is 2.00 bits per heavy atom. The lowest BCUT2D eigenvalue weighted by Crippen LogP contribution is -2.39. The van der Waals surface area contributed by atoms with Gasteiger partial charge in [0.05, 0.1) is 12.0 Å². The third kappa shape index (κ3) is 3.94. The maximum atomic E-state index is 12.6. The normalized spacial score (nSPS) is 12.8. The van der Waals surface area contributed by atoms with Crippen LogP contribution in [0.5, 0.6) is 5.75 Å². The summed E-state index contributed by atoms with van der Waals surface area (Å²) in [6, 6.07) is 4.79. The van der Waals surface area contributed by atoms with Crippen LogP contribution in [0.1, 0.15) is 13.8 Å². The molecular weight excluding hydrogens is 344 g/mol. The van der Waals surface area contributed by atoms with E-state index in [-0.39, 0.29) is 10.3 Å². The van der Waals surface area contributed by atoms with Gasteiger partial charge in [-0.1, -0.05) is 13.8 Å². The number of ether oxygens (including phenoxy) is 1. The van der Waals surface area contributed by atoms with Gasteiger partial charge >= 0.3 is 0 Å². The summed E-state index contributed by atoms with van der Waals surface area (Å²) >= 11 is 3.28. The van der Waals surface area contributed by atoms with Crippen molar-refractivity contribution >= 4 is 26.0 Å². The van der Waals surface area contributed by atoms with E-state index in [0.717, 1.165) is 0 Å². The summed E-state index contributed by atoms with van der Waals surface area (Å²) in [5.41, 5.74) is 5.38. The quantitative estimate of drug-likeness (QED) is 0.838. The van der Waals surface area contributed by atoms with Gasteiger partial charge in [-0.2, -0.15) is 0 Å². The minimum Gasteiger partial charge on any atom is -0.497 e. The lowest BCUT2D eigenvalue weighted by molar-refractivity contribution is 0.292. The Labute approximate surface area is 129 Å². The standard InChI is InChI=1S/C13H21BrN2O3S/c1-13(2,8-15)9-16(3)20(17,18)12-6-5-10(19-4)7-11(12)14/h5-7H,8-9,15H2,1-4H3. The average molecular weight is 365 g/mol. The zero-order valence-electron chi connectivity index (χ0n) is 12.2. The Hall–Kier alpha value is -0.630. The summed E-state index contributed by atoms with van der Waals surface area (Å²) < 4.78 is 32.0. The Balaban J connectivity index is 3.11. The van der Waals surface area contributed by atoms with Gasteiger partial charge in [0, 0.05) is 18.1 Å². The van der Waals surface area contributed by atoms with Crippen LogP contribution in [0.3, 0.4) is 0 Å². The zero-order valence-corrected chi connectivity index (χ0v) is 14.6. The summed E-state index contributed by atoms with van der Waals surface area (Å²) in [5, 5.41) is 0. The molecular formula is C13H21BrN2O3S. The predicted octanol–water partition coefficient (Wildman–Crippen LogP) is 2.06. The second-order valence-electron chi connectivity index (χ2n) is 5.43. The lowest BCUT2D eigenvalue weighted by Gasteiger charge is -2.28. The molecule has 2 N–H and O–H groups in total. The Morgan fingerprint density at radius 3 is 2.45 bits per heavy atom. The Morgan fingerprint density at radius 1 is 1.40 bits per heavy atom. The van der Waals surface area contributed by atoms with E-state index in [4.69, 9.17) is 10.5 Å². The highest BCUT2D eigenvalue weighted by Gasteiger charge is 2.28. The van der Waals surface area contributed by atoms with Crippen LogP contribution in [0.15, 0.2) is 27.6 Å². The molecule has 1 aromatic rings. The maximum absolute atomic E-state index is 12.6. The van der Waals surface area contributed by atoms with Crippen LogP contribution >= 0.6 is 15.9 Å². The molecule has 114 valence electrons. The molecule has 0 amide bonds. The van der Waals surface area contributed by atoms with Crippen molar-refractivity contribution in [1.29, 1.82) is 0 Å². The second kappa shape index (κ2) is 6.43. The summed E-state index contributed by atoms with van der Waals surface area (Å²) in [6.07, 6.45) is 0. The topological polar surface area (TPSA) is 72.6 Å². The Bertz CT molecular complexity index is 573. The summed E-state index contributed by atoms with van der Waals surface area (Å²) in [5.74, 6) is 0.598. The fraction of sp³-hybridized carbons (Fsp3) is 0.538. The fourth-order valence-electron chi connectivity index (χ4n) is 1.74. The number of halogens is 1. The lowest BCUT2D eigenvalue weighted by atomic mass is 9.94. The largest absolute Gasteiger partial charge is 0.497 e. The number of benzene rings is 1. The molecule has 0 radical (unpaired) electrons. The molecule has 20 heavy (non-hydrogen) atoms. The first-order valence-electron chi connectivity index (χ1n) is 6.14. The average Bonchev–Trinajstić information content (AvgIpc) is 2.37. The van der Waals surface area contributed by atoms with Gasteiger partial charge in [-0.15, -0.1) is 0 Å². The molecule has 0 aliphatic rings. The number of rotatable bonds is 6. The van der Waals surface area contributed by atoms with Crippen molar-refractivity contribution in [2.45, 2.75) is 18.7 Å². The second-order valence-corrected chi connectivity index (χ2v) is 8.29. The van der Waals surface area contributed by atoms with Crippen LogP contribution in [-0.2, 0) is 10.0 Å². The van der Waals surface area contributed by atoms with Crippen molar-refractivity contribution in [1.82, 2.24) is 4.31 Å². The number of nitrogens with two attached hydrogens (primary N) is 1. The van der Waals surface area contributed by atoms with Crippen LogP contribution in [0.2, 0.25) is 0 Å². The molecule has 0 aliphatic carbocycles. The van der Waals surface area contributed by atoms with Gasteiger partial charge in [0.15, 0.2) is 0 Å². The smallest absolute Gasteiger partial charge is 0.243 e. The van der Waals surface area contributed by atoms with Crippen molar-refractivity contribution in [3.05, 3.63) is 22.7 Å².